The molecular weight excluding hydrogens is 722 g/mol. The molecule has 2 heterocycles. The van der Waals surface area contributed by atoms with Crippen LogP contribution in [0.15, 0.2) is 86.2 Å². The Hall–Kier alpha value is -3.09. The number of fused-ring (bicyclic) bond motifs is 1. The smallest absolute Gasteiger partial charge is 0.338 e. The Bertz CT molecular complexity index is 1820. The van der Waals surface area contributed by atoms with Gasteiger partial charge in [0.2, 0.25) is 0 Å². The Morgan fingerprint density at radius 1 is 1.15 bits per heavy atom. The van der Waals surface area contributed by atoms with Gasteiger partial charge in [0.1, 0.15) is 18.2 Å². The summed E-state index contributed by atoms with van der Waals surface area (Å²) in [6.45, 7) is 6.02. The number of hydrogen-bond donors (Lipinski definition) is 0. The van der Waals surface area contributed by atoms with Crippen LogP contribution in [-0.4, -0.2) is 17.1 Å². The minimum absolute atomic E-state index is 0.220. The number of rotatable bonds is 7. The fourth-order valence-corrected chi connectivity index (χ4v) is 7.36. The van der Waals surface area contributed by atoms with Crippen LogP contribution in [0.5, 0.6) is 5.75 Å². The fraction of sp³-hybridized carbons (Fsp3) is 0.194. The highest BCUT2D eigenvalue weighted by Gasteiger charge is 2.33. The lowest BCUT2D eigenvalue weighted by Gasteiger charge is -2.24. The summed E-state index contributed by atoms with van der Waals surface area (Å²) < 4.78 is 28.2. The molecule has 1 aromatic heterocycles. The van der Waals surface area contributed by atoms with E-state index >= 15 is 0 Å². The normalized spacial score (nSPS) is 15.0. The largest absolute Gasteiger partial charge is 0.487 e. The Labute approximate surface area is 262 Å². The lowest BCUT2D eigenvalue weighted by molar-refractivity contribution is -0.139. The number of carbonyl (C=O) groups is 1. The van der Waals surface area contributed by atoms with Crippen molar-refractivity contribution < 1.29 is 18.7 Å². The van der Waals surface area contributed by atoms with Gasteiger partial charge < -0.3 is 9.47 Å². The maximum Gasteiger partial charge on any atom is 0.338 e. The maximum atomic E-state index is 13.9. The molecule has 5 rings (SSSR count). The molecule has 0 radical (unpaired) electrons. The average Bonchev–Trinajstić information content (AvgIpc) is 3.23. The minimum atomic E-state index is -0.651. The Balaban J connectivity index is 1.54. The molecule has 3 aromatic carbocycles. The van der Waals surface area contributed by atoms with E-state index in [1.165, 1.54) is 23.5 Å². The molecule has 0 N–H and O–H groups in total. The van der Waals surface area contributed by atoms with Gasteiger partial charge in [-0.1, -0.05) is 53.3 Å². The van der Waals surface area contributed by atoms with Gasteiger partial charge in [-0.2, -0.15) is 0 Å². The molecule has 0 spiro atoms. The topological polar surface area (TPSA) is 69.9 Å². The Kier molecular flexibility index (Phi) is 8.91. The zero-order valence-corrected chi connectivity index (χ0v) is 27.0. The second kappa shape index (κ2) is 12.4. The molecule has 0 amide bonds. The summed E-state index contributed by atoms with van der Waals surface area (Å²) in [5.74, 6) is -0.123. The monoisotopic (exact) mass is 746 g/mol. The van der Waals surface area contributed by atoms with Crippen LogP contribution >= 0.6 is 49.9 Å². The van der Waals surface area contributed by atoms with Crippen molar-refractivity contribution in [1.82, 2.24) is 4.57 Å². The summed E-state index contributed by atoms with van der Waals surface area (Å²) >= 11 is 7.06. The molecule has 0 fully saturated rings. The van der Waals surface area contributed by atoms with Crippen molar-refractivity contribution in [3.05, 3.63) is 128 Å². The molecule has 1 aliphatic heterocycles. The number of esters is 1. The van der Waals surface area contributed by atoms with E-state index in [-0.39, 0.29) is 24.6 Å². The van der Waals surface area contributed by atoms with Crippen LogP contribution in [0.1, 0.15) is 42.1 Å². The molecule has 210 valence electrons. The molecule has 6 nitrogen and oxygen atoms in total. The third-order valence-corrected chi connectivity index (χ3v) is 8.90. The molecular formula is C31H25BrFIN2O4S. The first-order valence-corrected chi connectivity index (χ1v) is 15.5. The van der Waals surface area contributed by atoms with Crippen LogP contribution in [0.3, 0.4) is 0 Å². The van der Waals surface area contributed by atoms with E-state index in [2.05, 4.69) is 43.5 Å². The molecule has 41 heavy (non-hydrogen) atoms. The molecule has 0 aliphatic carbocycles. The zero-order valence-electron chi connectivity index (χ0n) is 22.4. The SMILES string of the molecule is CCOC(=O)C1=C(C)N=c2s/c(=C/c3cc(Br)c(OCc4ccc(F)cc4)c(I)c3)c(=O)n2[C@H]1c1ccc(C)cc1. The number of allylic oxidation sites excluding steroid dienone is 1. The highest BCUT2D eigenvalue weighted by Crippen LogP contribution is 2.33. The summed E-state index contributed by atoms with van der Waals surface area (Å²) in [5.41, 5.74) is 4.17. The van der Waals surface area contributed by atoms with Crippen LogP contribution in [0.2, 0.25) is 0 Å². The molecule has 0 unspecified atom stereocenters. The van der Waals surface area contributed by atoms with Gasteiger partial charge in [0.25, 0.3) is 5.56 Å². The molecule has 0 saturated heterocycles. The van der Waals surface area contributed by atoms with E-state index in [0.29, 0.717) is 26.4 Å². The third kappa shape index (κ3) is 6.24. The van der Waals surface area contributed by atoms with Crippen molar-refractivity contribution in [2.75, 3.05) is 6.61 Å². The van der Waals surface area contributed by atoms with Crippen LogP contribution in [0, 0.1) is 16.3 Å². The van der Waals surface area contributed by atoms with E-state index in [9.17, 15) is 14.0 Å². The Morgan fingerprint density at radius 3 is 2.51 bits per heavy atom. The van der Waals surface area contributed by atoms with Crippen molar-refractivity contribution in [3.63, 3.8) is 0 Å². The minimum Gasteiger partial charge on any atom is -0.487 e. The van der Waals surface area contributed by atoms with Crippen LogP contribution in [0.4, 0.5) is 4.39 Å². The van der Waals surface area contributed by atoms with Gasteiger partial charge in [-0.05, 0) is 106 Å². The number of thiazole rings is 1. The summed E-state index contributed by atoms with van der Waals surface area (Å²) in [4.78, 5) is 32.1. The van der Waals surface area contributed by atoms with Gasteiger partial charge in [0.05, 0.1) is 36.5 Å². The van der Waals surface area contributed by atoms with Crippen LogP contribution in [-0.2, 0) is 16.1 Å². The first kappa shape index (κ1) is 29.4. The number of hydrogen-bond acceptors (Lipinski definition) is 6. The van der Waals surface area contributed by atoms with E-state index in [1.807, 2.05) is 49.4 Å². The van der Waals surface area contributed by atoms with E-state index in [0.717, 1.165) is 30.3 Å². The number of benzene rings is 3. The fourth-order valence-electron chi connectivity index (χ4n) is 4.54. The number of nitrogens with zero attached hydrogens (tertiary/aromatic N) is 2. The van der Waals surface area contributed by atoms with E-state index in [4.69, 9.17) is 9.47 Å². The van der Waals surface area contributed by atoms with Crippen LogP contribution < -0.4 is 19.6 Å². The standard InChI is InChI=1S/C31H25BrFIN2O4S/c1-4-39-30(38)26-18(3)35-31-36(27(26)21-9-5-17(2)6-10-21)29(37)25(41-31)15-20-13-23(32)28(24(34)14-20)40-16-19-7-11-22(33)12-8-19/h5-15,27H,4,16H2,1-3H3/b25-15+/t27-/m0/s1. The molecule has 0 bridgehead atoms. The second-order valence-electron chi connectivity index (χ2n) is 9.44. The van der Waals surface area contributed by atoms with E-state index < -0.39 is 12.0 Å². The molecule has 1 aliphatic rings. The van der Waals surface area contributed by atoms with Crippen molar-refractivity contribution >= 4 is 61.9 Å². The molecule has 4 aromatic rings. The van der Waals surface area contributed by atoms with Gasteiger partial charge >= 0.3 is 5.97 Å². The van der Waals surface area contributed by atoms with Crippen molar-refractivity contribution in [1.29, 1.82) is 0 Å². The van der Waals surface area contributed by atoms with Crippen molar-refractivity contribution in [2.45, 2.75) is 33.4 Å². The lowest BCUT2D eigenvalue weighted by atomic mass is 9.95. The summed E-state index contributed by atoms with van der Waals surface area (Å²) in [6, 6.07) is 17.1. The van der Waals surface area contributed by atoms with Gasteiger partial charge in [0, 0.05) is 0 Å². The molecule has 1 atom stereocenters. The predicted octanol–water partition coefficient (Wildman–Crippen LogP) is 6.19. The predicted molar refractivity (Wildman–Crippen MR) is 169 cm³/mol. The number of ether oxygens (including phenoxy) is 2. The van der Waals surface area contributed by atoms with Gasteiger partial charge in [-0.3, -0.25) is 9.36 Å². The van der Waals surface area contributed by atoms with E-state index in [1.54, 1.807) is 30.5 Å². The van der Waals surface area contributed by atoms with Crippen molar-refractivity contribution in [2.24, 2.45) is 4.99 Å². The highest BCUT2D eigenvalue weighted by atomic mass is 127. The van der Waals surface area contributed by atoms with Crippen LogP contribution in [0.25, 0.3) is 6.08 Å². The first-order chi connectivity index (χ1) is 19.7. The van der Waals surface area contributed by atoms with Gasteiger partial charge in [-0.25, -0.2) is 14.2 Å². The molecule has 0 saturated carbocycles. The van der Waals surface area contributed by atoms with Gasteiger partial charge in [0.15, 0.2) is 4.80 Å². The molecule has 10 heteroatoms. The highest BCUT2D eigenvalue weighted by molar-refractivity contribution is 14.1. The lowest BCUT2D eigenvalue weighted by Crippen LogP contribution is -2.39. The first-order valence-electron chi connectivity index (χ1n) is 12.8. The van der Waals surface area contributed by atoms with Crippen molar-refractivity contribution in [3.8, 4) is 5.75 Å². The quantitative estimate of drug-likeness (QED) is 0.167. The zero-order chi connectivity index (χ0) is 29.3. The summed E-state index contributed by atoms with van der Waals surface area (Å²) in [6.07, 6.45) is 1.82. The number of carbonyl (C=O) groups excluding carboxylic acids is 1. The average molecular weight is 747 g/mol. The second-order valence-corrected chi connectivity index (χ2v) is 12.5. The van der Waals surface area contributed by atoms with Gasteiger partial charge in [-0.15, -0.1) is 0 Å². The maximum absolute atomic E-state index is 13.9. The number of aryl methyl sites for hydroxylation is 1. The summed E-state index contributed by atoms with van der Waals surface area (Å²) in [5, 5.41) is 0. The third-order valence-electron chi connectivity index (χ3n) is 6.52. The Morgan fingerprint density at radius 2 is 1.85 bits per heavy atom. The number of halogens is 3. The summed E-state index contributed by atoms with van der Waals surface area (Å²) in [7, 11) is 0. The number of aromatic nitrogens is 1.